The number of hydrogen-bond donors (Lipinski definition) is 1. The highest BCUT2D eigenvalue weighted by atomic mass is 16.2. The summed E-state index contributed by atoms with van der Waals surface area (Å²) in [6, 6.07) is 19.1. The third-order valence-electron chi connectivity index (χ3n) is 5.71. The summed E-state index contributed by atoms with van der Waals surface area (Å²) in [7, 11) is 1.67. The van der Waals surface area contributed by atoms with Crippen molar-refractivity contribution in [2.45, 2.75) is 31.2 Å². The SMILES string of the molecule is CN1C(=O)CC(C)(C2=CC(c3ccc(-c4ccccc4)cc3)CC=C2)N=C1N. The lowest BCUT2D eigenvalue weighted by molar-refractivity contribution is -0.128. The molecule has 0 aromatic heterocycles. The maximum Gasteiger partial charge on any atom is 0.231 e. The Kier molecular flexibility index (Phi) is 4.63. The van der Waals surface area contributed by atoms with E-state index in [4.69, 9.17) is 5.73 Å². The lowest BCUT2D eigenvalue weighted by Gasteiger charge is -2.35. The summed E-state index contributed by atoms with van der Waals surface area (Å²) < 4.78 is 0. The van der Waals surface area contributed by atoms with E-state index >= 15 is 0 Å². The molecule has 2 aliphatic rings. The lowest BCUT2D eigenvalue weighted by atomic mass is 9.80. The summed E-state index contributed by atoms with van der Waals surface area (Å²) in [6.07, 6.45) is 7.78. The van der Waals surface area contributed by atoms with E-state index in [-0.39, 0.29) is 17.8 Å². The standard InChI is InChI=1S/C24H25N3O/c1-24(16-22(28)27(2)23(25)26-24)21-10-6-9-20(15-21)19-13-11-18(12-14-19)17-7-4-3-5-8-17/h3-8,10-15,20H,9,16H2,1-2H3,(H2,25,26). The molecule has 142 valence electrons. The average molecular weight is 371 g/mol. The fourth-order valence-electron chi connectivity index (χ4n) is 3.90. The zero-order valence-electron chi connectivity index (χ0n) is 16.3. The number of rotatable bonds is 3. The highest BCUT2D eigenvalue weighted by Crippen LogP contribution is 2.37. The van der Waals surface area contributed by atoms with Crippen LogP contribution >= 0.6 is 0 Å². The molecule has 0 bridgehead atoms. The largest absolute Gasteiger partial charge is 0.369 e. The molecule has 0 spiro atoms. The maximum atomic E-state index is 12.3. The molecule has 2 aromatic rings. The Hall–Kier alpha value is -3.14. The van der Waals surface area contributed by atoms with Gasteiger partial charge in [-0.25, -0.2) is 4.99 Å². The van der Waals surface area contributed by atoms with Gasteiger partial charge in [-0.3, -0.25) is 9.69 Å². The van der Waals surface area contributed by atoms with Gasteiger partial charge in [0, 0.05) is 13.0 Å². The molecule has 2 atom stereocenters. The molecule has 28 heavy (non-hydrogen) atoms. The van der Waals surface area contributed by atoms with Gasteiger partial charge >= 0.3 is 0 Å². The van der Waals surface area contributed by atoms with Crippen LogP contribution in [0.4, 0.5) is 0 Å². The highest BCUT2D eigenvalue weighted by molar-refractivity contribution is 5.99. The van der Waals surface area contributed by atoms with Crippen molar-refractivity contribution in [3.05, 3.63) is 84.0 Å². The summed E-state index contributed by atoms with van der Waals surface area (Å²) in [5.41, 5.74) is 10.1. The van der Waals surface area contributed by atoms with Crippen LogP contribution in [-0.4, -0.2) is 29.4 Å². The highest BCUT2D eigenvalue weighted by Gasteiger charge is 2.37. The number of hydrogen-bond acceptors (Lipinski definition) is 3. The Balaban J connectivity index is 1.61. The van der Waals surface area contributed by atoms with Gasteiger partial charge in [-0.2, -0.15) is 0 Å². The van der Waals surface area contributed by atoms with E-state index in [2.05, 4.69) is 71.8 Å². The lowest BCUT2D eigenvalue weighted by Crippen LogP contribution is -2.49. The number of amides is 1. The van der Waals surface area contributed by atoms with Gasteiger partial charge < -0.3 is 5.73 Å². The summed E-state index contributed by atoms with van der Waals surface area (Å²) in [5, 5.41) is 0. The summed E-state index contributed by atoms with van der Waals surface area (Å²) in [4.78, 5) is 18.4. The molecule has 0 radical (unpaired) electrons. The van der Waals surface area contributed by atoms with Gasteiger partial charge in [0.25, 0.3) is 0 Å². The van der Waals surface area contributed by atoms with Crippen LogP contribution in [0.2, 0.25) is 0 Å². The second-order valence-corrected chi connectivity index (χ2v) is 7.73. The Morgan fingerprint density at radius 3 is 2.43 bits per heavy atom. The maximum absolute atomic E-state index is 12.3. The van der Waals surface area contributed by atoms with Crippen LogP contribution in [0.3, 0.4) is 0 Å². The predicted molar refractivity (Wildman–Crippen MR) is 114 cm³/mol. The second kappa shape index (κ2) is 7.12. The number of benzene rings is 2. The van der Waals surface area contributed by atoms with E-state index in [9.17, 15) is 4.79 Å². The second-order valence-electron chi connectivity index (χ2n) is 7.73. The third kappa shape index (κ3) is 3.38. The van der Waals surface area contributed by atoms with Gasteiger partial charge in [0.15, 0.2) is 5.96 Å². The normalized spacial score (nSPS) is 24.7. The van der Waals surface area contributed by atoms with Crippen LogP contribution in [0.1, 0.15) is 31.2 Å². The van der Waals surface area contributed by atoms with Gasteiger partial charge in [0.2, 0.25) is 5.91 Å². The minimum Gasteiger partial charge on any atom is -0.369 e. The Morgan fingerprint density at radius 1 is 1.07 bits per heavy atom. The molecule has 1 aliphatic heterocycles. The molecule has 4 nitrogen and oxygen atoms in total. The van der Waals surface area contributed by atoms with Gasteiger partial charge in [-0.05, 0) is 35.6 Å². The number of nitrogens with two attached hydrogens (primary N) is 1. The van der Waals surface area contributed by atoms with Gasteiger partial charge in [0.05, 0.1) is 12.0 Å². The first-order valence-corrected chi connectivity index (χ1v) is 9.62. The van der Waals surface area contributed by atoms with E-state index < -0.39 is 5.54 Å². The Morgan fingerprint density at radius 2 is 1.75 bits per heavy atom. The zero-order chi connectivity index (χ0) is 19.7. The van der Waals surface area contributed by atoms with Gasteiger partial charge in [0.1, 0.15) is 0 Å². The van der Waals surface area contributed by atoms with Crippen molar-refractivity contribution in [2.24, 2.45) is 10.7 Å². The summed E-state index contributed by atoms with van der Waals surface area (Å²) >= 11 is 0. The summed E-state index contributed by atoms with van der Waals surface area (Å²) in [6.45, 7) is 1.99. The number of carbonyl (C=O) groups excluding carboxylic acids is 1. The molecule has 1 heterocycles. The van der Waals surface area contributed by atoms with Crippen molar-refractivity contribution in [2.75, 3.05) is 7.05 Å². The van der Waals surface area contributed by atoms with Crippen LogP contribution in [0.25, 0.3) is 11.1 Å². The van der Waals surface area contributed by atoms with E-state index in [1.165, 1.54) is 21.6 Å². The molecule has 2 N–H and O–H groups in total. The quantitative estimate of drug-likeness (QED) is 0.876. The van der Waals surface area contributed by atoms with E-state index in [1.54, 1.807) is 7.05 Å². The first-order chi connectivity index (χ1) is 13.5. The molecule has 0 fully saturated rings. The monoisotopic (exact) mass is 371 g/mol. The van der Waals surface area contributed by atoms with Crippen molar-refractivity contribution in [3.8, 4) is 11.1 Å². The van der Waals surface area contributed by atoms with Gasteiger partial charge in [-0.1, -0.05) is 72.8 Å². The van der Waals surface area contributed by atoms with Crippen LogP contribution in [0.15, 0.2) is 83.4 Å². The van der Waals surface area contributed by atoms with Crippen LogP contribution in [-0.2, 0) is 4.79 Å². The molecular weight excluding hydrogens is 346 g/mol. The molecule has 1 aliphatic carbocycles. The van der Waals surface area contributed by atoms with Gasteiger partial charge in [-0.15, -0.1) is 0 Å². The van der Waals surface area contributed by atoms with Crippen molar-refractivity contribution >= 4 is 11.9 Å². The first-order valence-electron chi connectivity index (χ1n) is 9.62. The molecular formula is C24H25N3O. The van der Waals surface area contributed by atoms with Crippen molar-refractivity contribution in [1.82, 2.24) is 4.90 Å². The van der Waals surface area contributed by atoms with E-state index in [1.807, 2.05) is 13.0 Å². The van der Waals surface area contributed by atoms with E-state index in [0.717, 1.165) is 12.0 Å². The Bertz CT molecular complexity index is 973. The number of carbonyl (C=O) groups is 1. The molecule has 1 amide bonds. The van der Waals surface area contributed by atoms with Crippen LogP contribution < -0.4 is 5.73 Å². The minimum absolute atomic E-state index is 0.00126. The molecule has 2 unspecified atom stereocenters. The fraction of sp³-hybridized carbons (Fsp3) is 0.250. The van der Waals surface area contributed by atoms with Crippen molar-refractivity contribution in [3.63, 3.8) is 0 Å². The number of nitrogens with zero attached hydrogens (tertiary/aromatic N) is 2. The van der Waals surface area contributed by atoms with Crippen molar-refractivity contribution < 1.29 is 4.79 Å². The smallest absolute Gasteiger partial charge is 0.231 e. The Labute approximate surface area is 166 Å². The number of allylic oxidation sites excluding steroid dienone is 2. The van der Waals surface area contributed by atoms with Crippen molar-refractivity contribution in [1.29, 1.82) is 0 Å². The first kappa shape index (κ1) is 18.2. The number of aliphatic imine (C=N–C) groups is 1. The molecule has 0 saturated carbocycles. The van der Waals surface area contributed by atoms with E-state index in [0.29, 0.717) is 6.42 Å². The molecule has 0 saturated heterocycles. The number of guanidine groups is 1. The van der Waals surface area contributed by atoms with Crippen LogP contribution in [0.5, 0.6) is 0 Å². The van der Waals surface area contributed by atoms with Crippen LogP contribution in [0, 0.1) is 0 Å². The molecule has 2 aromatic carbocycles. The molecule has 4 rings (SSSR count). The topological polar surface area (TPSA) is 58.7 Å². The predicted octanol–water partition coefficient (Wildman–Crippen LogP) is 4.26. The summed E-state index contributed by atoms with van der Waals surface area (Å²) in [5.74, 6) is 0.550. The fourth-order valence-corrected chi connectivity index (χ4v) is 3.90. The average Bonchev–Trinajstić information content (AvgIpc) is 2.73. The molecule has 4 heteroatoms. The minimum atomic E-state index is -0.604. The third-order valence-corrected chi connectivity index (χ3v) is 5.71. The zero-order valence-corrected chi connectivity index (χ0v) is 16.3.